The van der Waals surface area contributed by atoms with Crippen molar-refractivity contribution in [1.29, 1.82) is 5.41 Å². The van der Waals surface area contributed by atoms with E-state index in [9.17, 15) is 0 Å². The number of anilines is 1. The molecule has 0 amide bonds. The minimum absolute atomic E-state index is 0.603. The van der Waals surface area contributed by atoms with Crippen molar-refractivity contribution in [2.24, 2.45) is 0 Å². The standard InChI is InChI=1S/C24H33N3S/c1-6-10-20(11-7-8-14-28)22(26-5)21-12-9-13-27(24(21)25)23-18(3)15-17(2)16-19(23)4/h7-8,10-11,14-16,25-26,28H,6,9,12-13H2,1-5H3/b11-7+,14-8-,20-10+,22-21-,25-24?. The third-order valence-electron chi connectivity index (χ3n) is 5.01. The molecular weight excluding hydrogens is 362 g/mol. The normalized spacial score (nSPS) is 17.7. The highest BCUT2D eigenvalue weighted by Crippen LogP contribution is 2.33. The largest absolute Gasteiger partial charge is 0.387 e. The molecule has 1 aliphatic rings. The zero-order valence-electron chi connectivity index (χ0n) is 17.8. The van der Waals surface area contributed by atoms with Crippen LogP contribution in [-0.4, -0.2) is 19.4 Å². The van der Waals surface area contributed by atoms with Gasteiger partial charge in [0.25, 0.3) is 0 Å². The Balaban J connectivity index is 2.52. The molecule has 2 N–H and O–H groups in total. The maximum absolute atomic E-state index is 9.01. The maximum Gasteiger partial charge on any atom is 0.130 e. The second-order valence-corrected chi connectivity index (χ2v) is 7.52. The highest BCUT2D eigenvalue weighted by atomic mass is 32.1. The molecule has 3 nitrogen and oxygen atoms in total. The van der Waals surface area contributed by atoms with E-state index in [1.54, 1.807) is 5.41 Å². The van der Waals surface area contributed by atoms with E-state index in [-0.39, 0.29) is 0 Å². The molecule has 0 saturated carbocycles. The third kappa shape index (κ3) is 4.99. The first-order chi connectivity index (χ1) is 13.4. The summed E-state index contributed by atoms with van der Waals surface area (Å²) in [5.41, 5.74) is 8.16. The molecule has 1 fully saturated rings. The second kappa shape index (κ2) is 10.4. The van der Waals surface area contributed by atoms with Crippen LogP contribution in [0.5, 0.6) is 0 Å². The van der Waals surface area contributed by atoms with Crippen molar-refractivity contribution >= 4 is 24.2 Å². The average molecular weight is 396 g/mol. The summed E-state index contributed by atoms with van der Waals surface area (Å²) < 4.78 is 0. The Kier molecular flexibility index (Phi) is 8.18. The van der Waals surface area contributed by atoms with Crippen LogP contribution >= 0.6 is 12.6 Å². The Morgan fingerprint density at radius 1 is 1.21 bits per heavy atom. The lowest BCUT2D eigenvalue weighted by Crippen LogP contribution is -2.39. The molecule has 1 saturated heterocycles. The summed E-state index contributed by atoms with van der Waals surface area (Å²) in [7, 11) is 1.95. The molecule has 4 heteroatoms. The van der Waals surface area contributed by atoms with Gasteiger partial charge in [-0.3, -0.25) is 5.41 Å². The van der Waals surface area contributed by atoms with E-state index >= 15 is 0 Å². The molecule has 1 aliphatic heterocycles. The number of benzene rings is 1. The Morgan fingerprint density at radius 2 is 1.89 bits per heavy atom. The second-order valence-electron chi connectivity index (χ2n) is 7.22. The van der Waals surface area contributed by atoms with E-state index in [0.717, 1.165) is 42.7 Å². The van der Waals surface area contributed by atoms with Gasteiger partial charge in [0.1, 0.15) is 5.84 Å². The molecule has 0 unspecified atom stereocenters. The number of rotatable bonds is 6. The minimum atomic E-state index is 0.603. The SMILES string of the molecule is CC/C=C(\C=C\C=C/S)C(/NC)=C1\CCCN(c2c(C)cc(C)cc2C)C1=N. The fourth-order valence-electron chi connectivity index (χ4n) is 4.02. The van der Waals surface area contributed by atoms with E-state index in [4.69, 9.17) is 5.41 Å². The lowest BCUT2D eigenvalue weighted by molar-refractivity contribution is 0.766. The van der Waals surface area contributed by atoms with Crippen molar-refractivity contribution in [3.8, 4) is 0 Å². The van der Waals surface area contributed by atoms with Crippen LogP contribution in [0.15, 0.2) is 58.7 Å². The number of nitrogens with zero attached hydrogens (tertiary/aromatic N) is 1. The third-order valence-corrected chi connectivity index (χ3v) is 5.18. The fraction of sp³-hybridized carbons (Fsp3) is 0.375. The zero-order valence-corrected chi connectivity index (χ0v) is 18.7. The smallest absolute Gasteiger partial charge is 0.130 e. The fourth-order valence-corrected chi connectivity index (χ4v) is 4.12. The minimum Gasteiger partial charge on any atom is -0.387 e. The van der Waals surface area contributed by atoms with Gasteiger partial charge in [-0.2, -0.15) is 12.6 Å². The quantitative estimate of drug-likeness (QED) is 0.408. The van der Waals surface area contributed by atoms with Crippen LogP contribution in [-0.2, 0) is 0 Å². The van der Waals surface area contributed by atoms with Crippen molar-refractivity contribution in [3.05, 3.63) is 75.4 Å². The van der Waals surface area contributed by atoms with Gasteiger partial charge in [-0.05, 0) is 62.1 Å². The summed E-state index contributed by atoms with van der Waals surface area (Å²) in [6, 6.07) is 4.42. The van der Waals surface area contributed by atoms with E-state index in [2.05, 4.69) is 74.8 Å². The maximum atomic E-state index is 9.01. The molecule has 0 atom stereocenters. The van der Waals surface area contributed by atoms with E-state index in [1.165, 1.54) is 22.4 Å². The topological polar surface area (TPSA) is 39.1 Å². The molecule has 0 aliphatic carbocycles. The van der Waals surface area contributed by atoms with E-state index in [0.29, 0.717) is 5.84 Å². The van der Waals surface area contributed by atoms with Crippen molar-refractivity contribution in [2.45, 2.75) is 47.0 Å². The number of aryl methyl sites for hydroxylation is 3. The molecule has 150 valence electrons. The monoisotopic (exact) mass is 395 g/mol. The van der Waals surface area contributed by atoms with Crippen molar-refractivity contribution in [1.82, 2.24) is 5.32 Å². The van der Waals surface area contributed by atoms with Gasteiger partial charge in [-0.1, -0.05) is 48.9 Å². The van der Waals surface area contributed by atoms with Gasteiger partial charge in [0.05, 0.1) is 0 Å². The lowest BCUT2D eigenvalue weighted by Gasteiger charge is -2.35. The Bertz CT molecular complexity index is 820. The number of likely N-dealkylation sites (N-methyl/N-ethyl adjacent to an activating group) is 1. The Morgan fingerprint density at radius 3 is 2.46 bits per heavy atom. The molecule has 0 bridgehead atoms. The number of amidine groups is 1. The molecule has 0 spiro atoms. The summed E-state index contributed by atoms with van der Waals surface area (Å²) in [6.07, 6.45) is 11.1. The van der Waals surface area contributed by atoms with Gasteiger partial charge in [0.2, 0.25) is 0 Å². The summed E-state index contributed by atoms with van der Waals surface area (Å²) in [5, 5.41) is 14.1. The number of nitrogens with one attached hydrogen (secondary N) is 2. The van der Waals surface area contributed by atoms with Crippen molar-refractivity contribution in [3.63, 3.8) is 0 Å². The zero-order chi connectivity index (χ0) is 20.7. The van der Waals surface area contributed by atoms with Gasteiger partial charge in [0.15, 0.2) is 0 Å². The van der Waals surface area contributed by atoms with Crippen molar-refractivity contribution in [2.75, 3.05) is 18.5 Å². The molecule has 1 aromatic carbocycles. The molecule has 1 aromatic rings. The van der Waals surface area contributed by atoms with Crippen LogP contribution in [0.2, 0.25) is 0 Å². The van der Waals surface area contributed by atoms with Crippen LogP contribution in [0, 0.1) is 26.2 Å². The summed E-state index contributed by atoms with van der Waals surface area (Å²) in [4.78, 5) is 2.18. The first-order valence-electron chi connectivity index (χ1n) is 9.97. The van der Waals surface area contributed by atoms with Crippen LogP contribution in [0.1, 0.15) is 42.9 Å². The van der Waals surface area contributed by atoms with E-state index < -0.39 is 0 Å². The summed E-state index contributed by atoms with van der Waals surface area (Å²) >= 11 is 4.12. The molecule has 28 heavy (non-hydrogen) atoms. The number of thiol groups is 1. The number of hydrogen-bond acceptors (Lipinski definition) is 3. The highest BCUT2D eigenvalue weighted by molar-refractivity contribution is 7.83. The van der Waals surface area contributed by atoms with Gasteiger partial charge >= 0.3 is 0 Å². The van der Waals surface area contributed by atoms with Gasteiger partial charge < -0.3 is 10.2 Å². The summed E-state index contributed by atoms with van der Waals surface area (Å²) in [6.45, 7) is 9.44. The number of allylic oxidation sites excluding steroid dienone is 4. The first-order valence-corrected chi connectivity index (χ1v) is 10.5. The van der Waals surface area contributed by atoms with Gasteiger partial charge in [-0.15, -0.1) is 0 Å². The number of hydrogen-bond donors (Lipinski definition) is 3. The lowest BCUT2D eigenvalue weighted by atomic mass is 9.94. The Labute approximate surface area is 175 Å². The first kappa shape index (κ1) is 22.1. The average Bonchev–Trinajstić information content (AvgIpc) is 2.64. The number of piperidine rings is 1. The molecule has 0 aromatic heterocycles. The van der Waals surface area contributed by atoms with Gasteiger partial charge in [-0.25, -0.2) is 0 Å². The molecular formula is C24H33N3S. The Hall–Kier alpha value is -2.20. The molecule has 1 heterocycles. The molecule has 2 rings (SSSR count). The summed E-state index contributed by atoms with van der Waals surface area (Å²) in [5.74, 6) is 0.603. The van der Waals surface area contributed by atoms with Crippen LogP contribution < -0.4 is 10.2 Å². The van der Waals surface area contributed by atoms with E-state index in [1.807, 2.05) is 19.2 Å². The highest BCUT2D eigenvalue weighted by Gasteiger charge is 2.26. The molecule has 0 radical (unpaired) electrons. The van der Waals surface area contributed by atoms with Crippen LogP contribution in [0.4, 0.5) is 5.69 Å². The van der Waals surface area contributed by atoms with Gasteiger partial charge in [0, 0.05) is 30.5 Å². The predicted octanol–water partition coefficient (Wildman–Crippen LogP) is 6.00. The predicted molar refractivity (Wildman–Crippen MR) is 127 cm³/mol. The van der Waals surface area contributed by atoms with Crippen LogP contribution in [0.25, 0.3) is 0 Å². The van der Waals surface area contributed by atoms with Crippen LogP contribution in [0.3, 0.4) is 0 Å². The van der Waals surface area contributed by atoms with Crippen molar-refractivity contribution < 1.29 is 0 Å².